The number of fused-ring (bicyclic) bond motifs is 1. The van der Waals surface area contributed by atoms with Gasteiger partial charge in [-0.15, -0.1) is 0 Å². The van der Waals surface area contributed by atoms with Crippen LogP contribution in [0.25, 0.3) is 0 Å². The van der Waals surface area contributed by atoms with Gasteiger partial charge in [0.05, 0.1) is 5.56 Å². The number of rotatable bonds is 4. The van der Waals surface area contributed by atoms with Gasteiger partial charge in [-0.3, -0.25) is 4.79 Å². The second-order valence-corrected chi connectivity index (χ2v) is 6.83. The number of phenolic OH excluding ortho intramolecular Hbond substituents is 2. The second kappa shape index (κ2) is 7.64. The number of benzene rings is 3. The molecule has 3 aromatic carbocycles. The Morgan fingerprint density at radius 2 is 1.82 bits per heavy atom. The molecule has 0 spiro atoms. The number of anilines is 1. The molecule has 1 amide bonds. The Hall–Kier alpha value is -3.47. The number of hydrogen-bond donors (Lipinski definition) is 2. The lowest BCUT2D eigenvalue weighted by Gasteiger charge is -2.30. The van der Waals surface area contributed by atoms with Gasteiger partial charge >= 0.3 is 0 Å². The third-order valence-corrected chi connectivity index (χ3v) is 4.87. The first-order valence-electron chi connectivity index (χ1n) is 9.25. The molecular weight excluding hydrogens is 354 g/mol. The zero-order valence-electron chi connectivity index (χ0n) is 15.3. The van der Waals surface area contributed by atoms with Gasteiger partial charge in [0.1, 0.15) is 23.9 Å². The van der Waals surface area contributed by atoms with Crippen LogP contribution < -0.4 is 9.64 Å². The van der Waals surface area contributed by atoms with Crippen molar-refractivity contribution >= 4 is 11.6 Å². The average molecular weight is 375 g/mol. The largest absolute Gasteiger partial charge is 0.508 e. The van der Waals surface area contributed by atoms with E-state index < -0.39 is 0 Å². The van der Waals surface area contributed by atoms with Crippen LogP contribution in [-0.2, 0) is 13.0 Å². The molecule has 0 saturated carbocycles. The van der Waals surface area contributed by atoms with Crippen molar-refractivity contribution in [1.29, 1.82) is 0 Å². The van der Waals surface area contributed by atoms with Gasteiger partial charge < -0.3 is 19.8 Å². The van der Waals surface area contributed by atoms with Crippen LogP contribution in [0.15, 0.2) is 66.7 Å². The third-order valence-electron chi connectivity index (χ3n) is 4.87. The summed E-state index contributed by atoms with van der Waals surface area (Å²) in [5.41, 5.74) is 3.15. The first kappa shape index (κ1) is 17.9. The van der Waals surface area contributed by atoms with E-state index in [9.17, 15) is 15.0 Å². The Bertz CT molecular complexity index is 1000. The summed E-state index contributed by atoms with van der Waals surface area (Å²) >= 11 is 0. The van der Waals surface area contributed by atoms with Crippen LogP contribution in [0.1, 0.15) is 27.9 Å². The van der Waals surface area contributed by atoms with Gasteiger partial charge in [-0.05, 0) is 54.3 Å². The van der Waals surface area contributed by atoms with Gasteiger partial charge in [0.15, 0.2) is 0 Å². The number of carbonyl (C=O) groups excluding carboxylic acids is 1. The van der Waals surface area contributed by atoms with Crippen LogP contribution in [-0.4, -0.2) is 22.7 Å². The predicted molar refractivity (Wildman–Crippen MR) is 107 cm³/mol. The number of carbonyl (C=O) groups is 1. The maximum Gasteiger partial charge on any atom is 0.262 e. The zero-order chi connectivity index (χ0) is 19.5. The molecule has 0 aliphatic carbocycles. The highest BCUT2D eigenvalue weighted by atomic mass is 16.5. The van der Waals surface area contributed by atoms with Crippen LogP contribution in [0.5, 0.6) is 17.2 Å². The summed E-state index contributed by atoms with van der Waals surface area (Å²) < 4.78 is 5.90. The molecule has 0 bridgehead atoms. The van der Waals surface area contributed by atoms with E-state index in [4.69, 9.17) is 4.74 Å². The fourth-order valence-electron chi connectivity index (χ4n) is 3.46. The summed E-state index contributed by atoms with van der Waals surface area (Å²) in [5.74, 6) is 0.189. The van der Waals surface area contributed by atoms with Gasteiger partial charge in [-0.25, -0.2) is 0 Å². The minimum atomic E-state index is -0.281. The van der Waals surface area contributed by atoms with Crippen molar-refractivity contribution in [1.82, 2.24) is 0 Å². The Labute approximate surface area is 163 Å². The van der Waals surface area contributed by atoms with E-state index in [0.29, 0.717) is 13.2 Å². The lowest BCUT2D eigenvalue weighted by atomic mass is 10.00. The molecule has 142 valence electrons. The van der Waals surface area contributed by atoms with E-state index in [2.05, 4.69) is 0 Å². The van der Waals surface area contributed by atoms with Gasteiger partial charge in [0.25, 0.3) is 5.91 Å². The monoisotopic (exact) mass is 375 g/mol. The lowest BCUT2D eigenvalue weighted by Crippen LogP contribution is -2.35. The summed E-state index contributed by atoms with van der Waals surface area (Å²) in [7, 11) is 0. The maximum absolute atomic E-state index is 12.9. The fourth-order valence-corrected chi connectivity index (χ4v) is 3.46. The highest BCUT2D eigenvalue weighted by Crippen LogP contribution is 2.33. The van der Waals surface area contributed by atoms with Crippen LogP contribution in [0.4, 0.5) is 5.69 Å². The predicted octanol–water partition coefficient (Wildman–Crippen LogP) is 4.27. The molecule has 4 rings (SSSR count). The van der Waals surface area contributed by atoms with Crippen molar-refractivity contribution in [2.24, 2.45) is 0 Å². The molecular formula is C23H21NO4. The molecule has 5 nitrogen and oxygen atoms in total. The molecule has 5 heteroatoms. The van der Waals surface area contributed by atoms with Crippen molar-refractivity contribution in [3.8, 4) is 17.2 Å². The van der Waals surface area contributed by atoms with Crippen molar-refractivity contribution < 1.29 is 19.7 Å². The molecule has 0 fully saturated rings. The van der Waals surface area contributed by atoms with Gasteiger partial charge in [0.2, 0.25) is 0 Å². The normalized spacial score (nSPS) is 13.1. The molecule has 3 aromatic rings. The number of aromatic hydroxyl groups is 2. The first-order chi connectivity index (χ1) is 13.6. The van der Waals surface area contributed by atoms with Crippen LogP contribution in [0.2, 0.25) is 0 Å². The maximum atomic E-state index is 12.9. The number of amides is 1. The highest BCUT2D eigenvalue weighted by molar-refractivity contribution is 6.08. The molecule has 2 N–H and O–H groups in total. The molecule has 1 aliphatic rings. The summed E-state index contributed by atoms with van der Waals surface area (Å²) in [4.78, 5) is 14.6. The van der Waals surface area contributed by atoms with Crippen molar-refractivity contribution in [3.05, 3.63) is 83.4 Å². The number of aryl methyl sites for hydroxylation is 1. The van der Waals surface area contributed by atoms with Crippen LogP contribution >= 0.6 is 0 Å². The van der Waals surface area contributed by atoms with Crippen LogP contribution in [0.3, 0.4) is 0 Å². The quantitative estimate of drug-likeness (QED) is 0.714. The van der Waals surface area contributed by atoms with Crippen molar-refractivity contribution in [3.63, 3.8) is 0 Å². The SMILES string of the molecule is O=C(c1ccc(O)cc1O)N1CCCc2cc(OCc3ccccc3)ccc21. The number of nitrogens with zero attached hydrogens (tertiary/aromatic N) is 1. The van der Waals surface area contributed by atoms with Crippen molar-refractivity contribution in [2.75, 3.05) is 11.4 Å². The molecule has 0 aromatic heterocycles. The molecule has 28 heavy (non-hydrogen) atoms. The lowest BCUT2D eigenvalue weighted by molar-refractivity contribution is 0.0982. The van der Waals surface area contributed by atoms with Crippen molar-refractivity contribution in [2.45, 2.75) is 19.4 Å². The van der Waals surface area contributed by atoms with E-state index in [1.54, 1.807) is 4.90 Å². The molecule has 0 saturated heterocycles. The minimum absolute atomic E-state index is 0.0756. The van der Waals surface area contributed by atoms with Gasteiger partial charge in [0, 0.05) is 18.3 Å². The van der Waals surface area contributed by atoms with E-state index in [0.717, 1.165) is 35.4 Å². The molecule has 0 unspecified atom stereocenters. The number of hydrogen-bond acceptors (Lipinski definition) is 4. The smallest absolute Gasteiger partial charge is 0.262 e. The van der Waals surface area contributed by atoms with Gasteiger partial charge in [-0.2, -0.15) is 0 Å². The minimum Gasteiger partial charge on any atom is -0.508 e. The topological polar surface area (TPSA) is 70.0 Å². The third kappa shape index (κ3) is 3.64. The fraction of sp³-hybridized carbons (Fsp3) is 0.174. The molecule has 0 atom stereocenters. The van der Waals surface area contributed by atoms with E-state index in [1.807, 2.05) is 48.5 Å². The molecule has 1 heterocycles. The standard InChI is InChI=1S/C23H21NO4/c25-18-8-10-20(22(26)14-18)23(27)24-12-4-7-17-13-19(9-11-21(17)24)28-15-16-5-2-1-3-6-16/h1-3,5-6,8-11,13-14,25-26H,4,7,12,15H2. The second-order valence-electron chi connectivity index (χ2n) is 6.83. The van der Waals surface area contributed by atoms with Crippen LogP contribution in [0, 0.1) is 0 Å². The van der Waals surface area contributed by atoms with Gasteiger partial charge in [-0.1, -0.05) is 30.3 Å². The molecule has 0 radical (unpaired) electrons. The Morgan fingerprint density at radius 1 is 1.00 bits per heavy atom. The van der Waals surface area contributed by atoms with E-state index >= 15 is 0 Å². The Morgan fingerprint density at radius 3 is 2.61 bits per heavy atom. The Kier molecular flexibility index (Phi) is 4.89. The van der Waals surface area contributed by atoms with E-state index in [1.165, 1.54) is 18.2 Å². The summed E-state index contributed by atoms with van der Waals surface area (Å²) in [6.07, 6.45) is 1.70. The summed E-state index contributed by atoms with van der Waals surface area (Å²) in [6, 6.07) is 19.7. The number of phenols is 2. The Balaban J connectivity index is 1.55. The summed E-state index contributed by atoms with van der Waals surface area (Å²) in [6.45, 7) is 1.07. The zero-order valence-corrected chi connectivity index (χ0v) is 15.3. The van der Waals surface area contributed by atoms with E-state index in [-0.39, 0.29) is 23.0 Å². The average Bonchev–Trinajstić information content (AvgIpc) is 2.72. The summed E-state index contributed by atoms with van der Waals surface area (Å²) in [5, 5.41) is 19.5. The molecule has 1 aliphatic heterocycles. The number of ether oxygens (including phenoxy) is 1. The first-order valence-corrected chi connectivity index (χ1v) is 9.25. The highest BCUT2D eigenvalue weighted by Gasteiger charge is 2.25.